The maximum Gasteiger partial charge on any atom is 0.232 e. The largest absolute Gasteiger partial charge is 0.454 e. The molecule has 21 heavy (non-hydrogen) atoms. The molecule has 3 rings (SSSR count). The number of nitrogens with two attached hydrogens (primary N) is 1. The van der Waals surface area contributed by atoms with Crippen LogP contribution in [-0.4, -0.2) is 30.1 Å². The number of amides is 2. The normalized spacial score (nSPS) is 25.6. The van der Waals surface area contributed by atoms with Crippen LogP contribution in [0.25, 0.3) is 0 Å². The van der Waals surface area contributed by atoms with Crippen LogP contribution < -0.4 is 15.2 Å². The van der Waals surface area contributed by atoms with Crippen molar-refractivity contribution >= 4 is 11.8 Å². The van der Waals surface area contributed by atoms with Crippen LogP contribution in [0.5, 0.6) is 11.5 Å². The number of nitrogens with zero attached hydrogens (tertiary/aromatic N) is 1. The summed E-state index contributed by atoms with van der Waals surface area (Å²) < 4.78 is 10.6. The van der Waals surface area contributed by atoms with E-state index in [9.17, 15) is 9.59 Å². The number of imide groups is 1. The average molecular weight is 290 g/mol. The molecule has 112 valence electrons. The van der Waals surface area contributed by atoms with E-state index in [4.69, 9.17) is 15.2 Å². The minimum atomic E-state index is -0.440. The molecule has 0 saturated carbocycles. The maximum atomic E-state index is 12.1. The lowest BCUT2D eigenvalue weighted by Crippen LogP contribution is -2.37. The van der Waals surface area contributed by atoms with Gasteiger partial charge in [0.2, 0.25) is 18.6 Å². The summed E-state index contributed by atoms with van der Waals surface area (Å²) >= 11 is 0. The van der Waals surface area contributed by atoms with Gasteiger partial charge in [-0.2, -0.15) is 0 Å². The number of carbonyl (C=O) groups excluding carboxylic acids is 2. The molecule has 6 heteroatoms. The van der Waals surface area contributed by atoms with Crippen LogP contribution in [0.15, 0.2) is 18.2 Å². The first-order chi connectivity index (χ1) is 9.99. The van der Waals surface area contributed by atoms with Gasteiger partial charge in [-0.25, -0.2) is 0 Å². The van der Waals surface area contributed by atoms with Crippen molar-refractivity contribution in [1.29, 1.82) is 0 Å². The van der Waals surface area contributed by atoms with Crippen LogP contribution in [0.4, 0.5) is 0 Å². The number of hydrogen-bond donors (Lipinski definition) is 1. The predicted octanol–water partition coefficient (Wildman–Crippen LogP) is 1.06. The van der Waals surface area contributed by atoms with Gasteiger partial charge in [0.1, 0.15) is 0 Å². The molecular weight excluding hydrogens is 272 g/mol. The molecule has 3 unspecified atom stereocenters. The number of likely N-dealkylation sites (tertiary alicyclic amines) is 1. The van der Waals surface area contributed by atoms with Gasteiger partial charge in [-0.3, -0.25) is 14.5 Å². The summed E-state index contributed by atoms with van der Waals surface area (Å²) in [5.41, 5.74) is 6.95. The van der Waals surface area contributed by atoms with Crippen molar-refractivity contribution in [3.8, 4) is 11.5 Å². The highest BCUT2D eigenvalue weighted by Gasteiger charge is 2.42. The summed E-state index contributed by atoms with van der Waals surface area (Å²) in [6.45, 7) is 3.94. The Morgan fingerprint density at radius 3 is 2.48 bits per heavy atom. The third-order valence-electron chi connectivity index (χ3n) is 4.27. The lowest BCUT2D eigenvalue weighted by Gasteiger charge is -2.20. The van der Waals surface area contributed by atoms with Gasteiger partial charge in [0, 0.05) is 24.4 Å². The first-order valence-electron chi connectivity index (χ1n) is 6.99. The SMILES string of the molecule is CC1C(=O)N(CC(N)c2ccc3c(c2)OCO3)C(=O)C1C. The van der Waals surface area contributed by atoms with Crippen LogP contribution in [0.3, 0.4) is 0 Å². The molecule has 1 aromatic carbocycles. The fourth-order valence-electron chi connectivity index (χ4n) is 2.65. The molecule has 3 atom stereocenters. The number of carbonyl (C=O) groups is 2. The molecule has 0 bridgehead atoms. The third kappa shape index (κ3) is 2.25. The molecule has 0 aliphatic carbocycles. The van der Waals surface area contributed by atoms with Crippen LogP contribution in [-0.2, 0) is 9.59 Å². The van der Waals surface area contributed by atoms with E-state index >= 15 is 0 Å². The second-order valence-electron chi connectivity index (χ2n) is 5.58. The van der Waals surface area contributed by atoms with E-state index in [1.54, 1.807) is 26.0 Å². The Bertz CT molecular complexity index is 581. The minimum absolute atomic E-state index is 0.149. The van der Waals surface area contributed by atoms with E-state index < -0.39 is 6.04 Å². The van der Waals surface area contributed by atoms with Gasteiger partial charge in [-0.15, -0.1) is 0 Å². The number of benzene rings is 1. The van der Waals surface area contributed by atoms with Crippen molar-refractivity contribution in [3.63, 3.8) is 0 Å². The molecule has 2 aliphatic rings. The molecule has 2 aliphatic heterocycles. The van der Waals surface area contributed by atoms with Gasteiger partial charge in [-0.1, -0.05) is 19.9 Å². The first-order valence-corrected chi connectivity index (χ1v) is 6.99. The predicted molar refractivity (Wildman–Crippen MR) is 74.5 cm³/mol. The van der Waals surface area contributed by atoms with Crippen molar-refractivity contribution < 1.29 is 19.1 Å². The van der Waals surface area contributed by atoms with Gasteiger partial charge >= 0.3 is 0 Å². The van der Waals surface area contributed by atoms with Crippen LogP contribution in [0.2, 0.25) is 0 Å². The Hall–Kier alpha value is -2.08. The van der Waals surface area contributed by atoms with E-state index in [0.717, 1.165) is 5.56 Å². The number of fused-ring (bicyclic) bond motifs is 1. The third-order valence-corrected chi connectivity index (χ3v) is 4.27. The van der Waals surface area contributed by atoms with E-state index in [-0.39, 0.29) is 37.0 Å². The fourth-order valence-corrected chi connectivity index (χ4v) is 2.65. The molecule has 1 aromatic rings. The van der Waals surface area contributed by atoms with Gasteiger partial charge in [0.25, 0.3) is 0 Å². The molecule has 2 amide bonds. The van der Waals surface area contributed by atoms with E-state index in [0.29, 0.717) is 11.5 Å². The zero-order valence-electron chi connectivity index (χ0n) is 12.0. The summed E-state index contributed by atoms with van der Waals surface area (Å²) in [5, 5.41) is 0. The Labute approximate surface area is 122 Å². The summed E-state index contributed by atoms with van der Waals surface area (Å²) in [5.74, 6) is 0.473. The molecule has 1 fully saturated rings. The Kier molecular flexibility index (Phi) is 3.33. The van der Waals surface area contributed by atoms with Crippen molar-refractivity contribution in [2.24, 2.45) is 17.6 Å². The van der Waals surface area contributed by atoms with Crippen LogP contribution in [0.1, 0.15) is 25.5 Å². The summed E-state index contributed by atoms with van der Waals surface area (Å²) in [7, 11) is 0. The Balaban J connectivity index is 1.76. The highest BCUT2D eigenvalue weighted by molar-refractivity contribution is 6.04. The minimum Gasteiger partial charge on any atom is -0.454 e. The number of ether oxygens (including phenoxy) is 2. The smallest absolute Gasteiger partial charge is 0.232 e. The topological polar surface area (TPSA) is 81.9 Å². The molecule has 0 aromatic heterocycles. The Morgan fingerprint density at radius 2 is 1.81 bits per heavy atom. The maximum absolute atomic E-state index is 12.1. The summed E-state index contributed by atoms with van der Waals surface area (Å²) in [6, 6.07) is 4.97. The molecule has 1 saturated heterocycles. The monoisotopic (exact) mass is 290 g/mol. The molecule has 6 nitrogen and oxygen atoms in total. The zero-order chi connectivity index (χ0) is 15.1. The van der Waals surface area contributed by atoms with Gasteiger partial charge < -0.3 is 15.2 Å². The Morgan fingerprint density at radius 1 is 1.19 bits per heavy atom. The van der Waals surface area contributed by atoms with E-state index in [1.807, 2.05) is 6.07 Å². The lowest BCUT2D eigenvalue weighted by molar-refractivity contribution is -0.140. The molecule has 0 radical (unpaired) electrons. The van der Waals surface area contributed by atoms with Crippen molar-refractivity contribution in [2.75, 3.05) is 13.3 Å². The summed E-state index contributed by atoms with van der Waals surface area (Å²) in [6.07, 6.45) is 0. The summed E-state index contributed by atoms with van der Waals surface area (Å²) in [4.78, 5) is 25.4. The number of hydrogen-bond acceptors (Lipinski definition) is 5. The molecule has 2 heterocycles. The highest BCUT2D eigenvalue weighted by atomic mass is 16.7. The van der Waals surface area contributed by atoms with E-state index in [2.05, 4.69) is 0 Å². The number of rotatable bonds is 3. The van der Waals surface area contributed by atoms with Crippen molar-refractivity contribution in [2.45, 2.75) is 19.9 Å². The highest BCUT2D eigenvalue weighted by Crippen LogP contribution is 2.34. The standard InChI is InChI=1S/C15H18N2O4/c1-8-9(2)15(19)17(14(8)18)6-11(16)10-3-4-12-13(5-10)21-7-20-12/h3-5,8-9,11H,6-7,16H2,1-2H3. The second-order valence-corrected chi connectivity index (χ2v) is 5.58. The fraction of sp³-hybridized carbons (Fsp3) is 0.467. The molecular formula is C15H18N2O4. The quantitative estimate of drug-likeness (QED) is 0.842. The van der Waals surface area contributed by atoms with Crippen LogP contribution in [0, 0.1) is 11.8 Å². The second kappa shape index (κ2) is 5.04. The van der Waals surface area contributed by atoms with Gasteiger partial charge in [0.15, 0.2) is 11.5 Å². The van der Waals surface area contributed by atoms with Gasteiger partial charge in [-0.05, 0) is 17.7 Å². The molecule has 0 spiro atoms. The zero-order valence-corrected chi connectivity index (χ0v) is 12.0. The average Bonchev–Trinajstić information content (AvgIpc) is 3.02. The van der Waals surface area contributed by atoms with Gasteiger partial charge in [0.05, 0.1) is 0 Å². The van der Waals surface area contributed by atoms with Crippen LogP contribution >= 0.6 is 0 Å². The first kappa shape index (κ1) is 13.9. The lowest BCUT2D eigenvalue weighted by atomic mass is 10.00. The molecule has 2 N–H and O–H groups in total. The van der Waals surface area contributed by atoms with Crippen molar-refractivity contribution in [1.82, 2.24) is 4.90 Å². The van der Waals surface area contributed by atoms with Crippen molar-refractivity contribution in [3.05, 3.63) is 23.8 Å². The van der Waals surface area contributed by atoms with E-state index in [1.165, 1.54) is 4.90 Å².